The topological polar surface area (TPSA) is 115 Å². The highest BCUT2D eigenvalue weighted by molar-refractivity contribution is 5.94. The van der Waals surface area contributed by atoms with Crippen molar-refractivity contribution in [1.29, 1.82) is 0 Å². The van der Waals surface area contributed by atoms with Crippen molar-refractivity contribution in [3.05, 3.63) is 47.8 Å². The maximum Gasteiger partial charge on any atom is 0.302 e. The summed E-state index contributed by atoms with van der Waals surface area (Å²) in [5.74, 6) is -3.75. The SMILES string of the molecule is C=C(C)C(F)(F)COc1ccc(CNC(=O)c2ccnc(NC(=O)C3CC3)n2)c(OC)n1. The van der Waals surface area contributed by atoms with Gasteiger partial charge in [-0.1, -0.05) is 6.58 Å². The lowest BCUT2D eigenvalue weighted by Gasteiger charge is -2.17. The van der Waals surface area contributed by atoms with Crippen LogP contribution in [-0.4, -0.2) is 46.4 Å². The molecule has 1 aliphatic carbocycles. The molecule has 0 unspecified atom stereocenters. The van der Waals surface area contributed by atoms with Gasteiger partial charge in [-0.05, 0) is 37.5 Å². The smallest absolute Gasteiger partial charge is 0.302 e. The van der Waals surface area contributed by atoms with E-state index in [0.29, 0.717) is 5.56 Å². The Morgan fingerprint density at radius 2 is 2.00 bits per heavy atom. The molecule has 2 heterocycles. The molecule has 2 amide bonds. The number of alkyl halides is 2. The van der Waals surface area contributed by atoms with E-state index >= 15 is 0 Å². The van der Waals surface area contributed by atoms with E-state index in [1.165, 1.54) is 32.4 Å². The van der Waals surface area contributed by atoms with Crippen molar-refractivity contribution in [2.24, 2.45) is 5.92 Å². The van der Waals surface area contributed by atoms with Crippen molar-refractivity contribution in [3.63, 3.8) is 0 Å². The predicted octanol–water partition coefficient (Wildman–Crippen LogP) is 2.75. The van der Waals surface area contributed by atoms with Crippen molar-refractivity contribution < 1.29 is 27.8 Å². The number of halogens is 2. The quantitative estimate of drug-likeness (QED) is 0.538. The van der Waals surface area contributed by atoms with Crippen LogP contribution in [0.2, 0.25) is 0 Å². The second kappa shape index (κ2) is 9.67. The molecular weight excluding hydrogens is 424 g/mol. The minimum absolute atomic E-state index is 0.0185. The number of nitrogens with one attached hydrogen (secondary N) is 2. The Kier molecular flexibility index (Phi) is 6.96. The number of nitrogens with zero attached hydrogens (tertiary/aromatic N) is 3. The molecule has 9 nitrogen and oxygen atoms in total. The van der Waals surface area contributed by atoms with Crippen LogP contribution in [0.15, 0.2) is 36.5 Å². The number of carbonyl (C=O) groups excluding carboxylic acids is 2. The predicted molar refractivity (Wildman–Crippen MR) is 111 cm³/mol. The molecule has 0 saturated heterocycles. The molecule has 0 bridgehead atoms. The molecule has 3 rings (SSSR count). The fourth-order valence-corrected chi connectivity index (χ4v) is 2.50. The number of amides is 2. The first-order valence-electron chi connectivity index (χ1n) is 9.82. The van der Waals surface area contributed by atoms with Crippen molar-refractivity contribution in [3.8, 4) is 11.8 Å². The van der Waals surface area contributed by atoms with Crippen LogP contribution >= 0.6 is 0 Å². The van der Waals surface area contributed by atoms with Gasteiger partial charge < -0.3 is 14.8 Å². The van der Waals surface area contributed by atoms with Crippen LogP contribution in [0.25, 0.3) is 0 Å². The normalized spacial score (nSPS) is 13.2. The van der Waals surface area contributed by atoms with Gasteiger partial charge in [0, 0.05) is 30.3 Å². The summed E-state index contributed by atoms with van der Waals surface area (Å²) in [4.78, 5) is 36.3. The second-order valence-corrected chi connectivity index (χ2v) is 7.30. The Bertz CT molecular complexity index is 1030. The molecule has 0 atom stereocenters. The van der Waals surface area contributed by atoms with Crippen LogP contribution in [0, 0.1) is 5.92 Å². The second-order valence-electron chi connectivity index (χ2n) is 7.30. The van der Waals surface area contributed by atoms with Crippen molar-refractivity contribution in [2.45, 2.75) is 32.2 Å². The molecule has 1 saturated carbocycles. The Morgan fingerprint density at radius 3 is 2.66 bits per heavy atom. The molecule has 1 fully saturated rings. The van der Waals surface area contributed by atoms with Gasteiger partial charge in [0.1, 0.15) is 5.69 Å². The third-order valence-electron chi connectivity index (χ3n) is 4.64. The molecule has 1 aliphatic rings. The zero-order valence-corrected chi connectivity index (χ0v) is 17.7. The number of hydrogen-bond acceptors (Lipinski definition) is 7. The summed E-state index contributed by atoms with van der Waals surface area (Å²) >= 11 is 0. The molecule has 11 heteroatoms. The van der Waals surface area contributed by atoms with Crippen LogP contribution in [-0.2, 0) is 11.3 Å². The van der Waals surface area contributed by atoms with E-state index in [1.807, 2.05) is 0 Å². The molecule has 32 heavy (non-hydrogen) atoms. The van der Waals surface area contributed by atoms with Gasteiger partial charge in [0.15, 0.2) is 6.61 Å². The molecule has 2 N–H and O–H groups in total. The molecule has 170 valence electrons. The number of pyridine rings is 1. The molecule has 2 aromatic heterocycles. The minimum Gasteiger partial charge on any atom is -0.481 e. The standard InChI is InChI=1S/C21H23F2N5O4/c1-12(2)21(22,23)11-32-16-7-6-14(19(27-16)31-3)10-25-18(30)15-8-9-24-20(26-15)28-17(29)13-4-5-13/h6-9,13H,1,4-5,10-11H2,2-3H3,(H,25,30)(H,24,26,28,29). The van der Waals surface area contributed by atoms with Crippen LogP contribution in [0.4, 0.5) is 14.7 Å². The summed E-state index contributed by atoms with van der Waals surface area (Å²) in [6.45, 7) is 3.58. The lowest BCUT2D eigenvalue weighted by Crippen LogP contribution is -2.27. The van der Waals surface area contributed by atoms with E-state index in [4.69, 9.17) is 9.47 Å². The highest BCUT2D eigenvalue weighted by Gasteiger charge is 2.31. The lowest BCUT2D eigenvalue weighted by molar-refractivity contribution is -0.117. The highest BCUT2D eigenvalue weighted by Crippen LogP contribution is 2.29. The number of rotatable bonds is 10. The van der Waals surface area contributed by atoms with Crippen molar-refractivity contribution in [2.75, 3.05) is 19.0 Å². The zero-order chi connectivity index (χ0) is 23.3. The third kappa shape index (κ3) is 5.96. The summed E-state index contributed by atoms with van der Waals surface area (Å²) < 4.78 is 37.5. The number of hydrogen-bond donors (Lipinski definition) is 2. The van der Waals surface area contributed by atoms with Crippen LogP contribution in [0.3, 0.4) is 0 Å². The maximum absolute atomic E-state index is 13.6. The number of ether oxygens (including phenoxy) is 2. The molecular formula is C21H23F2N5O4. The van der Waals surface area contributed by atoms with Crippen LogP contribution in [0.1, 0.15) is 35.8 Å². The van der Waals surface area contributed by atoms with Gasteiger partial charge in [-0.2, -0.15) is 13.8 Å². The van der Waals surface area contributed by atoms with E-state index in [-0.39, 0.29) is 47.3 Å². The van der Waals surface area contributed by atoms with Crippen LogP contribution in [0.5, 0.6) is 11.8 Å². The average Bonchev–Trinajstić information content (AvgIpc) is 3.62. The van der Waals surface area contributed by atoms with E-state index < -0.39 is 18.4 Å². The van der Waals surface area contributed by atoms with Crippen molar-refractivity contribution in [1.82, 2.24) is 20.3 Å². The summed E-state index contributed by atoms with van der Waals surface area (Å²) in [5, 5.41) is 5.24. The Labute approximate surface area is 183 Å². The first kappa shape index (κ1) is 23.0. The van der Waals surface area contributed by atoms with Gasteiger partial charge in [-0.3, -0.25) is 14.9 Å². The lowest BCUT2D eigenvalue weighted by atomic mass is 10.2. The highest BCUT2D eigenvalue weighted by atomic mass is 19.3. The Morgan fingerprint density at radius 1 is 1.25 bits per heavy atom. The average molecular weight is 447 g/mol. The van der Waals surface area contributed by atoms with E-state index in [0.717, 1.165) is 12.8 Å². The fraction of sp³-hybridized carbons (Fsp3) is 0.381. The number of methoxy groups -OCH3 is 1. The largest absolute Gasteiger partial charge is 0.481 e. The van der Waals surface area contributed by atoms with Crippen LogP contribution < -0.4 is 20.1 Å². The van der Waals surface area contributed by atoms with Gasteiger partial charge in [0.25, 0.3) is 5.91 Å². The summed E-state index contributed by atoms with van der Waals surface area (Å²) in [5.41, 5.74) is 0.250. The maximum atomic E-state index is 13.6. The van der Waals surface area contributed by atoms with Crippen molar-refractivity contribution >= 4 is 17.8 Å². The molecule has 0 radical (unpaired) electrons. The van der Waals surface area contributed by atoms with E-state index in [2.05, 4.69) is 32.2 Å². The van der Waals surface area contributed by atoms with Gasteiger partial charge in [0.05, 0.1) is 7.11 Å². The number of carbonyl (C=O) groups is 2. The van der Waals surface area contributed by atoms with Gasteiger partial charge in [0.2, 0.25) is 23.6 Å². The summed E-state index contributed by atoms with van der Waals surface area (Å²) in [6.07, 6.45) is 3.05. The first-order valence-corrected chi connectivity index (χ1v) is 9.82. The van der Waals surface area contributed by atoms with E-state index in [9.17, 15) is 18.4 Å². The van der Waals surface area contributed by atoms with Gasteiger partial charge >= 0.3 is 5.92 Å². The minimum atomic E-state index is -3.18. The third-order valence-corrected chi connectivity index (χ3v) is 4.64. The molecule has 2 aromatic rings. The molecule has 0 spiro atoms. The fourth-order valence-electron chi connectivity index (χ4n) is 2.50. The van der Waals surface area contributed by atoms with E-state index in [1.54, 1.807) is 6.07 Å². The Balaban J connectivity index is 1.60. The number of aromatic nitrogens is 3. The number of anilines is 1. The summed E-state index contributed by atoms with van der Waals surface area (Å²) in [6, 6.07) is 4.35. The Hall–Kier alpha value is -3.63. The molecule has 0 aromatic carbocycles. The molecule has 0 aliphatic heterocycles. The monoisotopic (exact) mass is 447 g/mol. The summed E-state index contributed by atoms with van der Waals surface area (Å²) in [7, 11) is 1.36. The van der Waals surface area contributed by atoms with Gasteiger partial charge in [-0.15, -0.1) is 0 Å². The van der Waals surface area contributed by atoms with Gasteiger partial charge in [-0.25, -0.2) is 9.97 Å². The first-order chi connectivity index (χ1) is 15.2. The zero-order valence-electron chi connectivity index (χ0n) is 17.7.